The fourth-order valence-electron chi connectivity index (χ4n) is 1.02. The molecule has 0 radical (unpaired) electrons. The van der Waals surface area contributed by atoms with Crippen molar-refractivity contribution in [2.75, 3.05) is 13.7 Å². The normalized spacial score (nSPS) is 12.5. The van der Waals surface area contributed by atoms with Crippen LogP contribution in [0.5, 0.6) is 5.75 Å². The van der Waals surface area contributed by atoms with Gasteiger partial charge in [-0.3, -0.25) is 0 Å². The van der Waals surface area contributed by atoms with Crippen LogP contribution in [0.3, 0.4) is 0 Å². The first kappa shape index (κ1) is 12.5. The predicted octanol–water partition coefficient (Wildman–Crippen LogP) is 2.00. The number of rotatable bonds is 5. The zero-order valence-electron chi connectivity index (χ0n) is 8.61. The lowest BCUT2D eigenvalue weighted by Crippen LogP contribution is -2.01. The van der Waals surface area contributed by atoms with Gasteiger partial charge in [-0.1, -0.05) is 30.3 Å². The van der Waals surface area contributed by atoms with Gasteiger partial charge in [-0.2, -0.15) is 0 Å². The Bertz CT molecular complexity index is 325. The highest BCUT2D eigenvalue weighted by Crippen LogP contribution is 2.34. The molecule has 6 heteroatoms. The van der Waals surface area contributed by atoms with Crippen LogP contribution in [0.4, 0.5) is 0 Å². The van der Waals surface area contributed by atoms with Gasteiger partial charge in [0.15, 0.2) is 10.9 Å². The molecule has 1 heterocycles. The van der Waals surface area contributed by atoms with E-state index in [0.717, 1.165) is 0 Å². The summed E-state index contributed by atoms with van der Waals surface area (Å²) in [5.41, 5.74) is 0. The van der Waals surface area contributed by atoms with Gasteiger partial charge in [0, 0.05) is 11.9 Å². The number of halogens is 1. The summed E-state index contributed by atoms with van der Waals surface area (Å²) in [5, 5.41) is 10.1. The Kier molecular flexibility index (Phi) is 5.14. The molecule has 0 spiro atoms. The highest BCUT2D eigenvalue weighted by Gasteiger charge is 2.13. The molecule has 0 fully saturated rings. The Morgan fingerprint density at radius 3 is 2.93 bits per heavy atom. The quantitative estimate of drug-likeness (QED) is 0.638. The topological polar surface area (TPSA) is 55.2 Å². The van der Waals surface area contributed by atoms with Gasteiger partial charge in [0.25, 0.3) is 0 Å². The van der Waals surface area contributed by atoms with E-state index in [1.54, 1.807) is 0 Å². The third-order valence-corrected chi connectivity index (χ3v) is 3.20. The molecule has 0 aromatic carbocycles. The highest BCUT2D eigenvalue weighted by atomic mass is 35.5. The van der Waals surface area contributed by atoms with Crippen LogP contribution in [0.25, 0.3) is 0 Å². The van der Waals surface area contributed by atoms with Crippen LogP contribution in [-0.2, 0) is 0 Å². The van der Waals surface area contributed by atoms with E-state index < -0.39 is 0 Å². The molecule has 1 atom stereocenters. The standard InChI is InChI=1S/C9H13ClN2O2S/c1-6(3-4-13)15-9-7(14-2)8(10)11-5-12-9/h5-6,13H,3-4H2,1-2H3. The van der Waals surface area contributed by atoms with Crippen molar-refractivity contribution in [1.29, 1.82) is 0 Å². The van der Waals surface area contributed by atoms with Crippen molar-refractivity contribution in [3.8, 4) is 5.75 Å². The van der Waals surface area contributed by atoms with Gasteiger partial charge < -0.3 is 9.84 Å². The van der Waals surface area contributed by atoms with Gasteiger partial charge in [-0.05, 0) is 6.42 Å². The van der Waals surface area contributed by atoms with Crippen molar-refractivity contribution in [2.45, 2.75) is 23.6 Å². The molecule has 15 heavy (non-hydrogen) atoms. The zero-order valence-corrected chi connectivity index (χ0v) is 10.2. The maximum Gasteiger partial charge on any atom is 0.188 e. The van der Waals surface area contributed by atoms with Crippen LogP contribution >= 0.6 is 23.4 Å². The second-order valence-electron chi connectivity index (χ2n) is 2.94. The van der Waals surface area contributed by atoms with Crippen molar-refractivity contribution in [2.24, 2.45) is 0 Å². The van der Waals surface area contributed by atoms with Crippen molar-refractivity contribution >= 4 is 23.4 Å². The summed E-state index contributed by atoms with van der Waals surface area (Å²) in [6.45, 7) is 2.17. The van der Waals surface area contributed by atoms with Crippen molar-refractivity contribution in [3.05, 3.63) is 11.5 Å². The molecular weight excluding hydrogens is 236 g/mol. The van der Waals surface area contributed by atoms with Gasteiger partial charge in [0.1, 0.15) is 11.4 Å². The zero-order chi connectivity index (χ0) is 11.3. The molecule has 84 valence electrons. The van der Waals surface area contributed by atoms with E-state index in [0.29, 0.717) is 22.3 Å². The summed E-state index contributed by atoms with van der Waals surface area (Å²) in [5.74, 6) is 0.494. The summed E-state index contributed by atoms with van der Waals surface area (Å²) < 4.78 is 5.11. The maximum absolute atomic E-state index is 8.79. The molecule has 0 bridgehead atoms. The number of aliphatic hydroxyl groups is 1. The number of hydrogen-bond donors (Lipinski definition) is 1. The molecule has 0 saturated heterocycles. The lowest BCUT2D eigenvalue weighted by atomic mass is 10.3. The van der Waals surface area contributed by atoms with Crippen LogP contribution in [0, 0.1) is 0 Å². The van der Waals surface area contributed by atoms with E-state index in [-0.39, 0.29) is 11.9 Å². The number of aliphatic hydroxyl groups excluding tert-OH is 1. The number of methoxy groups -OCH3 is 1. The Labute approximate surface area is 98.0 Å². The minimum absolute atomic E-state index is 0.162. The molecule has 1 aromatic heterocycles. The van der Waals surface area contributed by atoms with Gasteiger partial charge in [-0.25, -0.2) is 9.97 Å². The third-order valence-electron chi connectivity index (χ3n) is 1.78. The highest BCUT2D eigenvalue weighted by molar-refractivity contribution is 7.99. The molecule has 4 nitrogen and oxygen atoms in total. The second kappa shape index (κ2) is 6.15. The monoisotopic (exact) mass is 248 g/mol. The SMILES string of the molecule is COc1c(Cl)ncnc1SC(C)CCO. The Hall–Kier alpha value is -0.520. The number of hydrogen-bond acceptors (Lipinski definition) is 5. The molecule has 0 saturated carbocycles. The average molecular weight is 249 g/mol. The molecule has 1 unspecified atom stereocenters. The van der Waals surface area contributed by atoms with Gasteiger partial charge in [0.05, 0.1) is 7.11 Å². The van der Waals surface area contributed by atoms with Crippen LogP contribution in [-0.4, -0.2) is 34.0 Å². The summed E-state index contributed by atoms with van der Waals surface area (Å²) in [7, 11) is 1.53. The molecular formula is C9H13ClN2O2S. The van der Waals surface area contributed by atoms with Crippen LogP contribution in [0.15, 0.2) is 11.4 Å². The van der Waals surface area contributed by atoms with Crippen LogP contribution in [0.1, 0.15) is 13.3 Å². The van der Waals surface area contributed by atoms with Crippen molar-refractivity contribution < 1.29 is 9.84 Å². The van der Waals surface area contributed by atoms with Gasteiger partial charge in [-0.15, -0.1) is 0 Å². The fourth-order valence-corrected chi connectivity index (χ4v) is 2.29. The third kappa shape index (κ3) is 3.52. The average Bonchev–Trinajstić information content (AvgIpc) is 2.18. The summed E-state index contributed by atoms with van der Waals surface area (Å²) in [6, 6.07) is 0. The van der Waals surface area contributed by atoms with Gasteiger partial charge >= 0.3 is 0 Å². The van der Waals surface area contributed by atoms with Crippen LogP contribution < -0.4 is 4.74 Å². The molecule has 0 aliphatic rings. The van der Waals surface area contributed by atoms with Gasteiger partial charge in [0.2, 0.25) is 0 Å². The molecule has 1 rings (SSSR count). The van der Waals surface area contributed by atoms with Crippen LogP contribution in [0.2, 0.25) is 5.15 Å². The van der Waals surface area contributed by atoms with E-state index in [9.17, 15) is 0 Å². The van der Waals surface area contributed by atoms with E-state index in [1.165, 1.54) is 25.2 Å². The Morgan fingerprint density at radius 1 is 1.60 bits per heavy atom. The first-order chi connectivity index (χ1) is 7.19. The molecule has 0 aliphatic carbocycles. The van der Waals surface area contributed by atoms with Crippen molar-refractivity contribution in [1.82, 2.24) is 9.97 Å². The fraction of sp³-hybridized carbons (Fsp3) is 0.556. The first-order valence-corrected chi connectivity index (χ1v) is 5.76. The number of nitrogens with zero attached hydrogens (tertiary/aromatic N) is 2. The molecule has 0 aliphatic heterocycles. The minimum Gasteiger partial charge on any atom is -0.491 e. The second-order valence-corrected chi connectivity index (χ2v) is 4.73. The smallest absolute Gasteiger partial charge is 0.188 e. The largest absolute Gasteiger partial charge is 0.491 e. The lowest BCUT2D eigenvalue weighted by Gasteiger charge is -2.11. The first-order valence-electron chi connectivity index (χ1n) is 4.51. The maximum atomic E-state index is 8.79. The summed E-state index contributed by atoms with van der Waals surface area (Å²) in [6.07, 6.45) is 2.11. The Morgan fingerprint density at radius 2 is 2.33 bits per heavy atom. The lowest BCUT2D eigenvalue weighted by molar-refractivity contribution is 0.289. The minimum atomic E-state index is 0.162. The van der Waals surface area contributed by atoms with E-state index in [2.05, 4.69) is 9.97 Å². The molecule has 1 N–H and O–H groups in total. The van der Waals surface area contributed by atoms with E-state index in [4.69, 9.17) is 21.4 Å². The van der Waals surface area contributed by atoms with Crippen molar-refractivity contribution in [3.63, 3.8) is 0 Å². The molecule has 0 amide bonds. The van der Waals surface area contributed by atoms with E-state index >= 15 is 0 Å². The predicted molar refractivity (Wildman–Crippen MR) is 60.6 cm³/mol. The Balaban J connectivity index is 2.80. The number of thioether (sulfide) groups is 1. The summed E-state index contributed by atoms with van der Waals surface area (Å²) >= 11 is 7.36. The summed E-state index contributed by atoms with van der Waals surface area (Å²) in [4.78, 5) is 7.92. The van der Waals surface area contributed by atoms with E-state index in [1.807, 2.05) is 6.92 Å². The number of aromatic nitrogens is 2. The molecule has 1 aromatic rings. The number of ether oxygens (including phenoxy) is 1.